The van der Waals surface area contributed by atoms with Gasteiger partial charge in [-0.05, 0) is 37.5 Å². The first-order valence-electron chi connectivity index (χ1n) is 10.4. The zero-order valence-electron chi connectivity index (χ0n) is 16.5. The number of nitrogens with zero attached hydrogens (tertiary/aromatic N) is 2. The number of aromatic nitrogens is 1. The third-order valence-corrected chi connectivity index (χ3v) is 11.5. The van der Waals surface area contributed by atoms with E-state index in [0.717, 1.165) is 29.2 Å². The molecule has 0 radical (unpaired) electrons. The molecular weight excluding hydrogens is 416 g/mol. The minimum absolute atomic E-state index is 0.129. The number of thioether (sulfide) groups is 2. The summed E-state index contributed by atoms with van der Waals surface area (Å²) in [5, 5.41) is 2.85. The molecule has 5 rings (SSSR count). The summed E-state index contributed by atoms with van der Waals surface area (Å²) in [6, 6.07) is 10.2. The Bertz CT molecular complexity index is 875. The predicted octanol–water partition coefficient (Wildman–Crippen LogP) is 5.94. The molecule has 3 aliphatic rings. The molecule has 1 aromatic carbocycles. The molecule has 3 nitrogen and oxygen atoms in total. The Morgan fingerprint density at radius 1 is 1.17 bits per heavy atom. The molecular formula is C23H26N2OS3. The van der Waals surface area contributed by atoms with Crippen molar-refractivity contribution in [3.63, 3.8) is 0 Å². The summed E-state index contributed by atoms with van der Waals surface area (Å²) in [4.78, 5) is 20.3. The molecule has 2 aliphatic carbocycles. The van der Waals surface area contributed by atoms with E-state index in [9.17, 15) is 4.79 Å². The number of rotatable bonds is 5. The van der Waals surface area contributed by atoms with Crippen molar-refractivity contribution in [2.75, 3.05) is 23.0 Å². The number of thiazole rings is 1. The molecule has 0 N–H and O–H groups in total. The maximum absolute atomic E-state index is 13.6. The highest BCUT2D eigenvalue weighted by Gasteiger charge is 2.57. The van der Waals surface area contributed by atoms with Crippen molar-refractivity contribution in [1.82, 2.24) is 4.98 Å². The molecule has 1 amide bonds. The Labute approximate surface area is 185 Å². The Balaban J connectivity index is 1.36. The van der Waals surface area contributed by atoms with Crippen LogP contribution in [0.25, 0.3) is 11.3 Å². The molecule has 2 bridgehead atoms. The van der Waals surface area contributed by atoms with Crippen LogP contribution in [0.2, 0.25) is 0 Å². The van der Waals surface area contributed by atoms with E-state index in [1.165, 1.54) is 24.3 Å². The van der Waals surface area contributed by atoms with E-state index in [2.05, 4.69) is 47.6 Å². The van der Waals surface area contributed by atoms with E-state index in [0.29, 0.717) is 22.5 Å². The van der Waals surface area contributed by atoms with Crippen molar-refractivity contribution >= 4 is 45.9 Å². The third-order valence-electron chi connectivity index (χ3n) is 6.60. The van der Waals surface area contributed by atoms with Gasteiger partial charge >= 0.3 is 0 Å². The van der Waals surface area contributed by atoms with Gasteiger partial charge in [0.25, 0.3) is 0 Å². The fourth-order valence-corrected chi connectivity index (χ4v) is 10.1. The standard InChI is InChI=1S/C23H26N2OS3/c1-2-10-25(22-24-20(15-27-22)16-6-4-3-5-7-16)21(26)17-13-18-8-9-19(14-17)23(18)28-11-12-29-23/h2-7,15,17-19H,1,8-14H2/t17?,18-,19+. The number of carbonyl (C=O) groups excluding carboxylic acids is 1. The topological polar surface area (TPSA) is 33.2 Å². The van der Waals surface area contributed by atoms with Crippen molar-refractivity contribution in [1.29, 1.82) is 0 Å². The monoisotopic (exact) mass is 442 g/mol. The second-order valence-electron chi connectivity index (χ2n) is 8.18. The lowest BCUT2D eigenvalue weighted by Gasteiger charge is -2.43. The summed E-state index contributed by atoms with van der Waals surface area (Å²) in [5.41, 5.74) is 2.03. The number of amides is 1. The lowest BCUT2D eigenvalue weighted by molar-refractivity contribution is -0.123. The van der Waals surface area contributed by atoms with Gasteiger partial charge in [-0.3, -0.25) is 9.69 Å². The van der Waals surface area contributed by atoms with Crippen molar-refractivity contribution in [3.05, 3.63) is 48.4 Å². The van der Waals surface area contributed by atoms with E-state index in [1.54, 1.807) is 11.3 Å². The number of anilines is 1. The molecule has 1 aromatic heterocycles. The summed E-state index contributed by atoms with van der Waals surface area (Å²) < 4.78 is 0.418. The smallest absolute Gasteiger partial charge is 0.232 e. The Morgan fingerprint density at radius 2 is 1.86 bits per heavy atom. The van der Waals surface area contributed by atoms with Crippen molar-refractivity contribution in [2.45, 2.75) is 29.8 Å². The summed E-state index contributed by atoms with van der Waals surface area (Å²) >= 11 is 5.93. The minimum atomic E-state index is 0.129. The van der Waals surface area contributed by atoms with Gasteiger partial charge in [-0.25, -0.2) is 4.98 Å². The molecule has 6 heteroatoms. The lowest BCUT2D eigenvalue weighted by Crippen LogP contribution is -2.44. The molecule has 1 saturated heterocycles. The van der Waals surface area contributed by atoms with E-state index in [1.807, 2.05) is 29.2 Å². The van der Waals surface area contributed by atoms with Crippen LogP contribution in [0.4, 0.5) is 5.13 Å². The van der Waals surface area contributed by atoms with Gasteiger partial charge in [-0.1, -0.05) is 36.4 Å². The van der Waals surface area contributed by atoms with Gasteiger partial charge < -0.3 is 0 Å². The van der Waals surface area contributed by atoms with Crippen molar-refractivity contribution in [3.8, 4) is 11.3 Å². The molecule has 3 fully saturated rings. The second kappa shape index (κ2) is 8.12. The van der Waals surface area contributed by atoms with Gasteiger partial charge in [0, 0.05) is 34.9 Å². The zero-order chi connectivity index (χ0) is 19.8. The molecule has 152 valence electrons. The van der Waals surface area contributed by atoms with Crippen LogP contribution in [-0.2, 0) is 4.79 Å². The highest BCUT2D eigenvalue weighted by atomic mass is 32.2. The van der Waals surface area contributed by atoms with E-state index in [-0.39, 0.29) is 11.8 Å². The average molecular weight is 443 g/mol. The predicted molar refractivity (Wildman–Crippen MR) is 127 cm³/mol. The summed E-state index contributed by atoms with van der Waals surface area (Å²) in [5.74, 6) is 4.31. The first-order valence-corrected chi connectivity index (χ1v) is 13.3. The quantitative estimate of drug-likeness (QED) is 0.537. The van der Waals surface area contributed by atoms with Crippen LogP contribution in [0.3, 0.4) is 0 Å². The number of carbonyl (C=O) groups is 1. The Morgan fingerprint density at radius 3 is 2.52 bits per heavy atom. The lowest BCUT2D eigenvalue weighted by atomic mass is 9.79. The maximum Gasteiger partial charge on any atom is 0.232 e. The van der Waals surface area contributed by atoms with Gasteiger partial charge in [-0.15, -0.1) is 41.4 Å². The van der Waals surface area contributed by atoms with E-state index < -0.39 is 0 Å². The molecule has 2 saturated carbocycles. The van der Waals surface area contributed by atoms with Gasteiger partial charge in [0.15, 0.2) is 5.13 Å². The Kier molecular flexibility index (Phi) is 5.52. The molecule has 3 atom stereocenters. The number of hydrogen-bond acceptors (Lipinski definition) is 5. The Hall–Kier alpha value is -1.24. The van der Waals surface area contributed by atoms with Crippen LogP contribution in [0, 0.1) is 17.8 Å². The highest BCUT2D eigenvalue weighted by molar-refractivity contribution is 8.21. The molecule has 1 unspecified atom stereocenters. The zero-order valence-corrected chi connectivity index (χ0v) is 18.9. The molecule has 2 aromatic rings. The average Bonchev–Trinajstić information content (AvgIpc) is 3.46. The second-order valence-corrected chi connectivity index (χ2v) is 12.0. The maximum atomic E-state index is 13.6. The van der Waals surface area contributed by atoms with Crippen LogP contribution in [0.1, 0.15) is 25.7 Å². The number of hydrogen-bond donors (Lipinski definition) is 0. The molecule has 1 spiro atoms. The van der Waals surface area contributed by atoms with E-state index in [4.69, 9.17) is 4.98 Å². The van der Waals surface area contributed by atoms with Crippen molar-refractivity contribution in [2.24, 2.45) is 17.8 Å². The van der Waals surface area contributed by atoms with Crippen LogP contribution in [0.15, 0.2) is 48.4 Å². The van der Waals surface area contributed by atoms with Crippen LogP contribution in [-0.4, -0.2) is 33.0 Å². The fourth-order valence-electron chi connectivity index (χ4n) is 5.34. The first-order chi connectivity index (χ1) is 14.2. The normalized spacial score (nSPS) is 27.2. The van der Waals surface area contributed by atoms with Crippen molar-refractivity contribution < 1.29 is 4.79 Å². The van der Waals surface area contributed by atoms with Crippen LogP contribution < -0.4 is 4.90 Å². The van der Waals surface area contributed by atoms with Gasteiger partial charge in [0.05, 0.1) is 9.77 Å². The van der Waals surface area contributed by atoms with Gasteiger partial charge in [0.2, 0.25) is 5.91 Å². The fraction of sp³-hybridized carbons (Fsp3) is 0.478. The third kappa shape index (κ3) is 3.47. The summed E-state index contributed by atoms with van der Waals surface area (Å²) in [6.45, 7) is 4.42. The van der Waals surface area contributed by atoms with Gasteiger partial charge in [0.1, 0.15) is 0 Å². The summed E-state index contributed by atoms with van der Waals surface area (Å²) in [6.07, 6.45) is 6.50. The molecule has 29 heavy (non-hydrogen) atoms. The highest BCUT2D eigenvalue weighted by Crippen LogP contribution is 2.66. The van der Waals surface area contributed by atoms with Crippen LogP contribution >= 0.6 is 34.9 Å². The SMILES string of the molecule is C=CCN(C(=O)C1C[C@H]2CC[C@@H](C1)C21SCCS1)c1nc(-c2ccccc2)cs1. The van der Waals surface area contributed by atoms with Crippen LogP contribution in [0.5, 0.6) is 0 Å². The number of benzene rings is 1. The molecule has 2 heterocycles. The largest absolute Gasteiger partial charge is 0.284 e. The first kappa shape index (κ1) is 19.7. The van der Waals surface area contributed by atoms with E-state index >= 15 is 0 Å². The minimum Gasteiger partial charge on any atom is -0.284 e. The summed E-state index contributed by atoms with van der Waals surface area (Å²) in [7, 11) is 0. The molecule has 1 aliphatic heterocycles. The van der Waals surface area contributed by atoms with Gasteiger partial charge in [-0.2, -0.15) is 0 Å².